The largest absolute Gasteiger partial charge is 0.481 e. The van der Waals surface area contributed by atoms with Gasteiger partial charge in [0, 0.05) is 5.33 Å². The smallest absolute Gasteiger partial charge is 0.307 e. The van der Waals surface area contributed by atoms with Gasteiger partial charge in [-0.15, -0.1) is 0 Å². The minimum Gasteiger partial charge on any atom is -0.481 e. The first-order valence-corrected chi connectivity index (χ1v) is 5.16. The van der Waals surface area contributed by atoms with Crippen molar-refractivity contribution in [2.75, 3.05) is 5.33 Å². The number of aliphatic carboxylic acids is 1. The summed E-state index contributed by atoms with van der Waals surface area (Å²) in [6.07, 6.45) is 4.62. The van der Waals surface area contributed by atoms with Gasteiger partial charge in [-0.1, -0.05) is 28.8 Å². The van der Waals surface area contributed by atoms with E-state index in [4.69, 9.17) is 5.11 Å². The number of hydrogen-bond acceptors (Lipinski definition) is 1. The molecule has 0 bridgehead atoms. The molecule has 0 saturated heterocycles. The molecule has 11 heavy (non-hydrogen) atoms. The van der Waals surface area contributed by atoms with Crippen LogP contribution in [0.2, 0.25) is 0 Å². The quantitative estimate of drug-likeness (QED) is 0.742. The van der Waals surface area contributed by atoms with Gasteiger partial charge in [-0.2, -0.15) is 0 Å². The first-order chi connectivity index (χ1) is 5.25. The summed E-state index contributed by atoms with van der Waals surface area (Å²) in [6, 6.07) is 0. The average Bonchev–Trinajstić information content (AvgIpc) is 2.40. The standard InChI is InChI=1S/C8H13BrO2/c9-5-7(8(10)11)6-3-1-2-4-6/h6-7H,1-5H2,(H,10,11). The number of carbonyl (C=O) groups is 1. The molecular weight excluding hydrogens is 208 g/mol. The van der Waals surface area contributed by atoms with E-state index in [0.717, 1.165) is 12.8 Å². The minimum absolute atomic E-state index is 0.155. The van der Waals surface area contributed by atoms with Gasteiger partial charge in [-0.25, -0.2) is 0 Å². The van der Waals surface area contributed by atoms with Crippen molar-refractivity contribution >= 4 is 21.9 Å². The highest BCUT2D eigenvalue weighted by atomic mass is 79.9. The summed E-state index contributed by atoms with van der Waals surface area (Å²) in [5.74, 6) is -0.377. The molecule has 1 fully saturated rings. The lowest BCUT2D eigenvalue weighted by atomic mass is 9.93. The van der Waals surface area contributed by atoms with Crippen LogP contribution in [0.15, 0.2) is 0 Å². The number of alkyl halides is 1. The third-order valence-electron chi connectivity index (χ3n) is 2.45. The van der Waals surface area contributed by atoms with Gasteiger partial charge in [-0.05, 0) is 18.8 Å². The van der Waals surface area contributed by atoms with E-state index in [0.29, 0.717) is 11.2 Å². The van der Waals surface area contributed by atoms with E-state index >= 15 is 0 Å². The van der Waals surface area contributed by atoms with Crippen molar-refractivity contribution in [3.8, 4) is 0 Å². The van der Waals surface area contributed by atoms with Gasteiger partial charge in [0.05, 0.1) is 5.92 Å². The Hall–Kier alpha value is -0.0500. The lowest BCUT2D eigenvalue weighted by Gasteiger charge is -2.15. The first kappa shape index (κ1) is 9.04. The van der Waals surface area contributed by atoms with Crippen LogP contribution in [0.25, 0.3) is 0 Å². The average molecular weight is 221 g/mol. The molecule has 64 valence electrons. The number of carboxylic acid groups (broad SMARTS) is 1. The fourth-order valence-corrected chi connectivity index (χ4v) is 2.56. The fraction of sp³-hybridized carbons (Fsp3) is 0.875. The third-order valence-corrected chi connectivity index (χ3v) is 3.15. The van der Waals surface area contributed by atoms with Crippen LogP contribution in [0.3, 0.4) is 0 Å². The summed E-state index contributed by atoms with van der Waals surface area (Å²) in [7, 11) is 0. The second-order valence-electron chi connectivity index (χ2n) is 3.14. The predicted octanol–water partition coefficient (Wildman–Crippen LogP) is 2.27. The lowest BCUT2D eigenvalue weighted by Crippen LogP contribution is -2.22. The van der Waals surface area contributed by atoms with Gasteiger partial charge < -0.3 is 5.11 Å². The Morgan fingerprint density at radius 2 is 2.09 bits per heavy atom. The topological polar surface area (TPSA) is 37.3 Å². The predicted molar refractivity (Wildman–Crippen MR) is 46.9 cm³/mol. The van der Waals surface area contributed by atoms with Crippen molar-refractivity contribution in [3.63, 3.8) is 0 Å². The van der Waals surface area contributed by atoms with E-state index in [2.05, 4.69) is 15.9 Å². The normalized spacial score (nSPS) is 21.9. The molecule has 0 heterocycles. The molecule has 1 aliphatic rings. The molecule has 3 heteroatoms. The van der Waals surface area contributed by atoms with Gasteiger partial charge in [0.1, 0.15) is 0 Å². The van der Waals surface area contributed by atoms with Crippen molar-refractivity contribution in [1.82, 2.24) is 0 Å². The van der Waals surface area contributed by atoms with Crippen molar-refractivity contribution in [2.24, 2.45) is 11.8 Å². The molecule has 0 aromatic rings. The molecule has 1 aliphatic carbocycles. The molecular formula is C8H13BrO2. The highest BCUT2D eigenvalue weighted by molar-refractivity contribution is 9.09. The molecule has 0 spiro atoms. The zero-order chi connectivity index (χ0) is 8.27. The van der Waals surface area contributed by atoms with E-state index in [9.17, 15) is 4.79 Å². The van der Waals surface area contributed by atoms with Crippen LogP contribution < -0.4 is 0 Å². The molecule has 2 nitrogen and oxygen atoms in total. The van der Waals surface area contributed by atoms with E-state index in [1.54, 1.807) is 0 Å². The summed E-state index contributed by atoms with van der Waals surface area (Å²) in [4.78, 5) is 10.7. The number of rotatable bonds is 3. The van der Waals surface area contributed by atoms with Gasteiger partial charge in [0.15, 0.2) is 0 Å². The summed E-state index contributed by atoms with van der Waals surface area (Å²) < 4.78 is 0. The van der Waals surface area contributed by atoms with Crippen molar-refractivity contribution in [2.45, 2.75) is 25.7 Å². The van der Waals surface area contributed by atoms with Crippen molar-refractivity contribution < 1.29 is 9.90 Å². The molecule has 0 aromatic carbocycles. The number of halogens is 1. The van der Waals surface area contributed by atoms with Crippen LogP contribution in [0.1, 0.15) is 25.7 Å². The van der Waals surface area contributed by atoms with Crippen LogP contribution in [0, 0.1) is 11.8 Å². The summed E-state index contributed by atoms with van der Waals surface area (Å²) in [6.45, 7) is 0. The molecule has 0 aromatic heterocycles. The van der Waals surface area contributed by atoms with Crippen LogP contribution in [-0.4, -0.2) is 16.4 Å². The highest BCUT2D eigenvalue weighted by Crippen LogP contribution is 2.32. The summed E-state index contributed by atoms with van der Waals surface area (Å²) in [5.41, 5.74) is 0. The second-order valence-corrected chi connectivity index (χ2v) is 3.79. The Balaban J connectivity index is 2.46. The Morgan fingerprint density at radius 1 is 1.55 bits per heavy atom. The molecule has 1 rings (SSSR count). The zero-order valence-corrected chi connectivity index (χ0v) is 8.01. The van der Waals surface area contributed by atoms with Crippen molar-refractivity contribution in [1.29, 1.82) is 0 Å². The molecule has 1 N–H and O–H groups in total. The molecule has 1 saturated carbocycles. The number of hydrogen-bond donors (Lipinski definition) is 1. The lowest BCUT2D eigenvalue weighted by molar-refractivity contribution is -0.142. The van der Waals surface area contributed by atoms with E-state index < -0.39 is 5.97 Å². The third kappa shape index (κ3) is 2.19. The Bertz CT molecular complexity index is 141. The van der Waals surface area contributed by atoms with Gasteiger partial charge >= 0.3 is 5.97 Å². The summed E-state index contributed by atoms with van der Waals surface area (Å²) in [5, 5.41) is 9.41. The number of carboxylic acids is 1. The first-order valence-electron chi connectivity index (χ1n) is 4.04. The van der Waals surface area contributed by atoms with Crippen LogP contribution in [-0.2, 0) is 4.79 Å². The maximum atomic E-state index is 10.7. The van der Waals surface area contributed by atoms with Crippen LogP contribution in [0.5, 0.6) is 0 Å². The maximum absolute atomic E-state index is 10.7. The zero-order valence-electron chi connectivity index (χ0n) is 6.42. The summed E-state index contributed by atoms with van der Waals surface area (Å²) >= 11 is 3.25. The Morgan fingerprint density at radius 3 is 2.45 bits per heavy atom. The Labute approximate surface area is 75.1 Å². The molecule has 0 amide bonds. The maximum Gasteiger partial charge on any atom is 0.307 e. The fourth-order valence-electron chi connectivity index (χ4n) is 1.75. The molecule has 0 radical (unpaired) electrons. The van der Waals surface area contributed by atoms with Gasteiger partial charge in [-0.3, -0.25) is 4.79 Å². The van der Waals surface area contributed by atoms with E-state index in [-0.39, 0.29) is 5.92 Å². The molecule has 1 unspecified atom stereocenters. The van der Waals surface area contributed by atoms with Crippen LogP contribution >= 0.6 is 15.9 Å². The Kier molecular flexibility index (Phi) is 3.37. The van der Waals surface area contributed by atoms with E-state index in [1.165, 1.54) is 12.8 Å². The van der Waals surface area contributed by atoms with Crippen molar-refractivity contribution in [3.05, 3.63) is 0 Å². The monoisotopic (exact) mass is 220 g/mol. The molecule has 1 atom stereocenters. The highest BCUT2D eigenvalue weighted by Gasteiger charge is 2.29. The minimum atomic E-state index is -0.645. The molecule has 0 aliphatic heterocycles. The van der Waals surface area contributed by atoms with E-state index in [1.807, 2.05) is 0 Å². The second kappa shape index (κ2) is 4.10. The van der Waals surface area contributed by atoms with Gasteiger partial charge in [0.25, 0.3) is 0 Å². The van der Waals surface area contributed by atoms with Gasteiger partial charge in [0.2, 0.25) is 0 Å². The SMILES string of the molecule is O=C(O)C(CBr)C1CCCC1. The van der Waals surface area contributed by atoms with Crippen LogP contribution in [0.4, 0.5) is 0 Å².